The van der Waals surface area contributed by atoms with Crippen LogP contribution in [0.15, 0.2) is 73.7 Å². The lowest BCUT2D eigenvalue weighted by molar-refractivity contribution is 1.33. The average molecular weight is 222 g/mol. The van der Waals surface area contributed by atoms with Gasteiger partial charge in [-0.2, -0.15) is 0 Å². The maximum atomic E-state index is 4.11. The molecule has 0 saturated carbocycles. The van der Waals surface area contributed by atoms with Crippen molar-refractivity contribution in [2.75, 3.05) is 5.32 Å². The van der Waals surface area contributed by atoms with E-state index in [9.17, 15) is 0 Å². The first-order valence-electron chi connectivity index (χ1n) is 5.45. The molecule has 0 unspecified atom stereocenters. The molecule has 0 bridgehead atoms. The minimum absolute atomic E-state index is 1.05. The van der Waals surface area contributed by atoms with E-state index in [1.54, 1.807) is 12.3 Å². The van der Waals surface area contributed by atoms with Crippen LogP contribution in [0, 0.1) is 0 Å². The zero-order valence-corrected chi connectivity index (χ0v) is 9.51. The highest BCUT2D eigenvalue weighted by Gasteiger charge is 1.96. The number of benzene rings is 1. The van der Waals surface area contributed by atoms with Crippen LogP contribution in [0.4, 0.5) is 5.69 Å². The summed E-state index contributed by atoms with van der Waals surface area (Å²) in [5.74, 6) is 0. The van der Waals surface area contributed by atoms with Gasteiger partial charge in [0.15, 0.2) is 0 Å². The Kier molecular flexibility index (Phi) is 3.71. The fraction of sp³-hybridized carbons (Fsp3) is 0. The van der Waals surface area contributed by atoms with Gasteiger partial charge in [-0.25, -0.2) is 0 Å². The van der Waals surface area contributed by atoms with Gasteiger partial charge in [0.25, 0.3) is 0 Å². The van der Waals surface area contributed by atoms with E-state index in [2.05, 4.69) is 29.0 Å². The second-order valence-corrected chi connectivity index (χ2v) is 3.56. The first-order chi connectivity index (χ1) is 8.40. The fourth-order valence-electron chi connectivity index (χ4n) is 1.50. The molecule has 1 aromatic heterocycles. The molecule has 1 aromatic carbocycles. The van der Waals surface area contributed by atoms with Gasteiger partial charge in [-0.05, 0) is 35.4 Å². The average Bonchev–Trinajstić information content (AvgIpc) is 2.41. The van der Waals surface area contributed by atoms with Crippen molar-refractivity contribution in [2.45, 2.75) is 0 Å². The molecule has 1 heterocycles. The van der Waals surface area contributed by atoms with Gasteiger partial charge in [0.2, 0.25) is 0 Å². The smallest absolute Gasteiger partial charge is 0.0380 e. The molecule has 1 N–H and O–H groups in total. The highest BCUT2D eigenvalue weighted by molar-refractivity contribution is 5.65. The van der Waals surface area contributed by atoms with Crippen molar-refractivity contribution in [1.29, 1.82) is 0 Å². The van der Waals surface area contributed by atoms with Crippen LogP contribution in [-0.4, -0.2) is 4.98 Å². The van der Waals surface area contributed by atoms with E-state index < -0.39 is 0 Å². The standard InChI is InChI=1S/C15H14N2/c1-2-3-11-17-15-8-6-13(7-9-15)14-5-4-10-16-12-14/h2-12,17H,1H2/b11-3+. The molecule has 2 heteroatoms. The van der Waals surface area contributed by atoms with Crippen LogP contribution >= 0.6 is 0 Å². The number of hydrogen-bond acceptors (Lipinski definition) is 2. The molecular weight excluding hydrogens is 208 g/mol. The predicted octanol–water partition coefficient (Wildman–Crippen LogP) is 3.86. The minimum Gasteiger partial charge on any atom is -0.362 e. The third-order valence-electron chi connectivity index (χ3n) is 2.36. The number of pyridine rings is 1. The quantitative estimate of drug-likeness (QED) is 0.794. The normalized spacial score (nSPS) is 10.4. The first kappa shape index (κ1) is 11.1. The Balaban J connectivity index is 2.13. The van der Waals surface area contributed by atoms with Crippen LogP contribution in [0.3, 0.4) is 0 Å². The molecule has 0 aliphatic carbocycles. The summed E-state index contributed by atoms with van der Waals surface area (Å²) in [4.78, 5) is 4.11. The van der Waals surface area contributed by atoms with Crippen LogP contribution in [-0.2, 0) is 0 Å². The lowest BCUT2D eigenvalue weighted by atomic mass is 10.1. The summed E-state index contributed by atoms with van der Waals surface area (Å²) in [5, 5.41) is 3.16. The van der Waals surface area contributed by atoms with E-state index in [1.807, 2.05) is 42.7 Å². The minimum atomic E-state index is 1.05. The number of nitrogens with one attached hydrogen (secondary N) is 1. The molecule has 0 atom stereocenters. The van der Waals surface area contributed by atoms with Crippen molar-refractivity contribution in [3.63, 3.8) is 0 Å². The number of hydrogen-bond donors (Lipinski definition) is 1. The van der Waals surface area contributed by atoms with Crippen molar-refractivity contribution in [3.05, 3.63) is 73.7 Å². The maximum Gasteiger partial charge on any atom is 0.0380 e. The third kappa shape index (κ3) is 3.05. The molecule has 84 valence electrons. The lowest BCUT2D eigenvalue weighted by Crippen LogP contribution is -1.86. The summed E-state index contributed by atoms with van der Waals surface area (Å²) in [6, 6.07) is 12.2. The molecule has 2 nitrogen and oxygen atoms in total. The fourth-order valence-corrected chi connectivity index (χ4v) is 1.50. The molecule has 17 heavy (non-hydrogen) atoms. The molecule has 0 saturated heterocycles. The van der Waals surface area contributed by atoms with Crippen molar-refractivity contribution in [1.82, 2.24) is 4.98 Å². The van der Waals surface area contributed by atoms with Crippen LogP contribution in [0.25, 0.3) is 11.1 Å². The van der Waals surface area contributed by atoms with Crippen LogP contribution in [0.1, 0.15) is 0 Å². The molecule has 0 aliphatic heterocycles. The molecule has 2 aromatic rings. The zero-order valence-electron chi connectivity index (χ0n) is 9.51. The molecular formula is C15H14N2. The highest BCUT2D eigenvalue weighted by Crippen LogP contribution is 2.20. The molecule has 0 aliphatic rings. The van der Waals surface area contributed by atoms with E-state index in [0.29, 0.717) is 0 Å². The zero-order chi connectivity index (χ0) is 11.9. The summed E-state index contributed by atoms with van der Waals surface area (Å²) in [6.45, 7) is 3.61. The van der Waals surface area contributed by atoms with E-state index in [-0.39, 0.29) is 0 Å². The molecule has 0 spiro atoms. The van der Waals surface area contributed by atoms with Crippen LogP contribution < -0.4 is 5.32 Å². The topological polar surface area (TPSA) is 24.9 Å². The summed E-state index contributed by atoms with van der Waals surface area (Å²) in [7, 11) is 0. The van der Waals surface area contributed by atoms with Gasteiger partial charge in [0.05, 0.1) is 0 Å². The van der Waals surface area contributed by atoms with E-state index in [1.165, 1.54) is 0 Å². The van der Waals surface area contributed by atoms with Crippen molar-refractivity contribution >= 4 is 5.69 Å². The number of anilines is 1. The van der Waals surface area contributed by atoms with Crippen molar-refractivity contribution in [2.24, 2.45) is 0 Å². The van der Waals surface area contributed by atoms with Gasteiger partial charge in [-0.3, -0.25) is 4.98 Å². The highest BCUT2D eigenvalue weighted by atomic mass is 14.8. The first-order valence-corrected chi connectivity index (χ1v) is 5.45. The van der Waals surface area contributed by atoms with Gasteiger partial charge in [-0.15, -0.1) is 0 Å². The van der Waals surface area contributed by atoms with E-state index in [0.717, 1.165) is 16.8 Å². The second kappa shape index (κ2) is 5.66. The van der Waals surface area contributed by atoms with Crippen LogP contribution in [0.2, 0.25) is 0 Å². The van der Waals surface area contributed by atoms with Gasteiger partial charge >= 0.3 is 0 Å². The van der Waals surface area contributed by atoms with Gasteiger partial charge in [-0.1, -0.05) is 30.9 Å². The second-order valence-electron chi connectivity index (χ2n) is 3.56. The van der Waals surface area contributed by atoms with Crippen LogP contribution in [0.5, 0.6) is 0 Å². The SMILES string of the molecule is C=C/C=C/Nc1ccc(-c2cccnc2)cc1. The Bertz CT molecular complexity index is 498. The Morgan fingerprint density at radius 2 is 1.88 bits per heavy atom. The number of allylic oxidation sites excluding steroid dienone is 2. The summed E-state index contributed by atoms with van der Waals surface area (Å²) in [5.41, 5.74) is 3.34. The Morgan fingerprint density at radius 1 is 1.06 bits per heavy atom. The van der Waals surface area contributed by atoms with E-state index in [4.69, 9.17) is 0 Å². The molecule has 2 rings (SSSR count). The van der Waals surface area contributed by atoms with Crippen molar-refractivity contribution < 1.29 is 0 Å². The monoisotopic (exact) mass is 222 g/mol. The molecule has 0 radical (unpaired) electrons. The summed E-state index contributed by atoms with van der Waals surface area (Å²) >= 11 is 0. The summed E-state index contributed by atoms with van der Waals surface area (Å²) < 4.78 is 0. The lowest BCUT2D eigenvalue weighted by Gasteiger charge is -2.03. The van der Waals surface area contributed by atoms with Gasteiger partial charge in [0.1, 0.15) is 0 Å². The largest absolute Gasteiger partial charge is 0.362 e. The van der Waals surface area contributed by atoms with E-state index >= 15 is 0 Å². The predicted molar refractivity (Wildman–Crippen MR) is 72.6 cm³/mol. The Labute approximate surface area is 101 Å². The summed E-state index contributed by atoms with van der Waals surface area (Å²) in [6.07, 6.45) is 9.08. The molecule has 0 amide bonds. The number of aromatic nitrogens is 1. The van der Waals surface area contributed by atoms with Crippen molar-refractivity contribution in [3.8, 4) is 11.1 Å². The van der Waals surface area contributed by atoms with Gasteiger partial charge < -0.3 is 5.32 Å². The maximum absolute atomic E-state index is 4.11. The number of nitrogens with zero attached hydrogens (tertiary/aromatic N) is 1. The third-order valence-corrected chi connectivity index (χ3v) is 2.36. The Hall–Kier alpha value is -2.35. The molecule has 0 fully saturated rings. The van der Waals surface area contributed by atoms with Gasteiger partial charge in [0, 0.05) is 24.3 Å². The Morgan fingerprint density at radius 3 is 2.53 bits per heavy atom. The number of rotatable bonds is 4.